The lowest BCUT2D eigenvalue weighted by Crippen LogP contribution is -2.42. The molecule has 1 heterocycles. The van der Waals surface area contributed by atoms with Crippen molar-refractivity contribution in [1.29, 1.82) is 0 Å². The van der Waals surface area contributed by atoms with E-state index in [2.05, 4.69) is 26.0 Å². The van der Waals surface area contributed by atoms with Gasteiger partial charge >= 0.3 is 11.9 Å². The molecule has 4 heteroatoms. The molecular weight excluding hydrogens is 328 g/mol. The molecule has 2 rings (SSSR count). The average Bonchev–Trinajstić information content (AvgIpc) is 2.86. The summed E-state index contributed by atoms with van der Waals surface area (Å²) in [5.74, 6) is -0.612. The fourth-order valence-electron chi connectivity index (χ4n) is 3.84. The number of ether oxygens (including phenoxy) is 2. The first kappa shape index (κ1) is 20.5. The predicted molar refractivity (Wildman–Crippen MR) is 103 cm³/mol. The topological polar surface area (TPSA) is 52.6 Å². The van der Waals surface area contributed by atoms with Gasteiger partial charge in [0.15, 0.2) is 0 Å². The number of esters is 2. The first-order valence-corrected chi connectivity index (χ1v) is 9.61. The SMILES string of the molecule is CC(=O)OC(C)(C)C1CC/C(C)=C/CC/C(C)=C/CCC2=C[C@@H]1OC2=O. The summed E-state index contributed by atoms with van der Waals surface area (Å²) in [7, 11) is 0. The maximum absolute atomic E-state index is 12.3. The van der Waals surface area contributed by atoms with Crippen molar-refractivity contribution in [3.63, 3.8) is 0 Å². The van der Waals surface area contributed by atoms with E-state index in [1.54, 1.807) is 0 Å². The molecule has 0 spiro atoms. The summed E-state index contributed by atoms with van der Waals surface area (Å²) >= 11 is 0. The molecule has 0 aromatic carbocycles. The highest BCUT2D eigenvalue weighted by atomic mass is 16.6. The minimum absolute atomic E-state index is 0.0728. The molecule has 1 unspecified atom stereocenters. The molecule has 1 aliphatic carbocycles. The lowest BCUT2D eigenvalue weighted by molar-refractivity contribution is -0.165. The van der Waals surface area contributed by atoms with Gasteiger partial charge in [-0.15, -0.1) is 0 Å². The molecule has 0 fully saturated rings. The Hall–Kier alpha value is -1.84. The molecule has 2 atom stereocenters. The summed E-state index contributed by atoms with van der Waals surface area (Å²) in [6.07, 6.45) is 11.5. The van der Waals surface area contributed by atoms with Gasteiger partial charge in [0.05, 0.1) is 0 Å². The molecule has 144 valence electrons. The number of allylic oxidation sites excluding steroid dienone is 4. The highest BCUT2D eigenvalue weighted by molar-refractivity contribution is 5.91. The molecule has 0 radical (unpaired) electrons. The van der Waals surface area contributed by atoms with Crippen LogP contribution < -0.4 is 0 Å². The van der Waals surface area contributed by atoms with Crippen molar-refractivity contribution in [2.45, 2.75) is 84.8 Å². The Bertz CT molecular complexity index is 637. The largest absolute Gasteiger partial charge is 0.459 e. The van der Waals surface area contributed by atoms with Gasteiger partial charge in [0.1, 0.15) is 11.7 Å². The first-order valence-electron chi connectivity index (χ1n) is 9.61. The van der Waals surface area contributed by atoms with Gasteiger partial charge in [-0.1, -0.05) is 23.3 Å². The number of hydrogen-bond acceptors (Lipinski definition) is 4. The van der Waals surface area contributed by atoms with Crippen molar-refractivity contribution in [2.75, 3.05) is 0 Å². The zero-order valence-electron chi connectivity index (χ0n) is 16.8. The number of carbonyl (C=O) groups is 2. The van der Waals surface area contributed by atoms with Gasteiger partial charge < -0.3 is 9.47 Å². The molecule has 4 nitrogen and oxygen atoms in total. The van der Waals surface area contributed by atoms with E-state index in [-0.39, 0.29) is 24.0 Å². The first-order chi connectivity index (χ1) is 12.2. The molecule has 0 saturated carbocycles. The quantitative estimate of drug-likeness (QED) is 0.511. The summed E-state index contributed by atoms with van der Waals surface area (Å²) < 4.78 is 11.3. The predicted octanol–water partition coefficient (Wildman–Crippen LogP) is 5.04. The Morgan fingerprint density at radius 3 is 2.38 bits per heavy atom. The maximum Gasteiger partial charge on any atom is 0.334 e. The van der Waals surface area contributed by atoms with Gasteiger partial charge in [0, 0.05) is 18.4 Å². The molecule has 0 aromatic rings. The van der Waals surface area contributed by atoms with E-state index in [0.29, 0.717) is 6.42 Å². The van der Waals surface area contributed by atoms with Crippen LogP contribution in [0.4, 0.5) is 0 Å². The van der Waals surface area contributed by atoms with E-state index in [4.69, 9.17) is 9.47 Å². The number of rotatable bonds is 2. The van der Waals surface area contributed by atoms with Crippen LogP contribution in [0, 0.1) is 5.92 Å². The second-order valence-electron chi connectivity index (χ2n) is 8.08. The van der Waals surface area contributed by atoms with Crippen molar-refractivity contribution in [3.05, 3.63) is 34.9 Å². The van der Waals surface area contributed by atoms with E-state index in [1.807, 2.05) is 19.9 Å². The van der Waals surface area contributed by atoms with Gasteiger partial charge in [-0.3, -0.25) is 4.79 Å². The number of fused-ring (bicyclic) bond motifs is 1. The van der Waals surface area contributed by atoms with Crippen LogP contribution in [0.15, 0.2) is 34.9 Å². The van der Waals surface area contributed by atoms with Crippen LogP contribution in [0.1, 0.15) is 73.1 Å². The van der Waals surface area contributed by atoms with Crippen LogP contribution in [0.2, 0.25) is 0 Å². The fraction of sp³-hybridized carbons (Fsp3) is 0.636. The standard InChI is InChI=1S/C22H32O4/c1-15-8-6-9-16(2)12-13-19(22(4,5)26-17(3)23)20-14-18(11-7-10-15)21(24)25-20/h9-10,14,19-20H,6-8,11-13H2,1-5H3/b15-10+,16-9+/t19?,20-/m0/s1. The monoisotopic (exact) mass is 360 g/mol. The van der Waals surface area contributed by atoms with E-state index in [9.17, 15) is 9.59 Å². The third kappa shape index (κ3) is 5.58. The normalized spacial score (nSPS) is 29.4. The number of hydrogen-bond donors (Lipinski definition) is 0. The zero-order valence-corrected chi connectivity index (χ0v) is 16.8. The number of carbonyl (C=O) groups excluding carboxylic acids is 2. The lowest BCUT2D eigenvalue weighted by Gasteiger charge is -2.36. The van der Waals surface area contributed by atoms with Crippen LogP contribution in [0.5, 0.6) is 0 Å². The highest BCUT2D eigenvalue weighted by Crippen LogP contribution is 2.36. The summed E-state index contributed by atoms with van der Waals surface area (Å²) in [6, 6.07) is 0. The van der Waals surface area contributed by atoms with Crippen molar-refractivity contribution < 1.29 is 19.1 Å². The molecule has 26 heavy (non-hydrogen) atoms. The molecular formula is C22H32O4. The van der Waals surface area contributed by atoms with Crippen LogP contribution in [0.25, 0.3) is 0 Å². The average molecular weight is 360 g/mol. The minimum atomic E-state index is -0.698. The molecule has 0 aromatic heterocycles. The maximum atomic E-state index is 12.3. The van der Waals surface area contributed by atoms with Gasteiger partial charge in [0.2, 0.25) is 0 Å². The third-order valence-electron chi connectivity index (χ3n) is 5.35. The minimum Gasteiger partial charge on any atom is -0.459 e. The summed E-state index contributed by atoms with van der Waals surface area (Å²) in [6.45, 7) is 9.53. The molecule has 2 bridgehead atoms. The van der Waals surface area contributed by atoms with Crippen molar-refractivity contribution in [1.82, 2.24) is 0 Å². The van der Waals surface area contributed by atoms with E-state index >= 15 is 0 Å². The van der Waals surface area contributed by atoms with E-state index in [1.165, 1.54) is 18.1 Å². The second-order valence-corrected chi connectivity index (χ2v) is 8.08. The van der Waals surface area contributed by atoms with E-state index < -0.39 is 5.60 Å². The smallest absolute Gasteiger partial charge is 0.334 e. The van der Waals surface area contributed by atoms with E-state index in [0.717, 1.165) is 37.7 Å². The Labute approximate surface area is 157 Å². The van der Waals surface area contributed by atoms with Gasteiger partial charge in [-0.05, 0) is 72.3 Å². The van der Waals surface area contributed by atoms with Crippen LogP contribution in [-0.2, 0) is 19.1 Å². The Balaban J connectivity index is 2.30. The molecule has 1 aliphatic heterocycles. The zero-order chi connectivity index (χ0) is 19.3. The Morgan fingerprint density at radius 2 is 1.73 bits per heavy atom. The Morgan fingerprint density at radius 1 is 1.12 bits per heavy atom. The van der Waals surface area contributed by atoms with Gasteiger partial charge in [-0.2, -0.15) is 0 Å². The van der Waals surface area contributed by atoms with Crippen molar-refractivity contribution in [2.24, 2.45) is 5.92 Å². The highest BCUT2D eigenvalue weighted by Gasteiger charge is 2.42. The van der Waals surface area contributed by atoms with Crippen molar-refractivity contribution >= 4 is 11.9 Å². The van der Waals surface area contributed by atoms with Gasteiger partial charge in [-0.25, -0.2) is 4.79 Å². The summed E-state index contributed by atoms with van der Waals surface area (Å²) in [5.41, 5.74) is 2.74. The Kier molecular flexibility index (Phi) is 6.85. The molecule has 0 saturated heterocycles. The van der Waals surface area contributed by atoms with Crippen LogP contribution in [-0.4, -0.2) is 23.6 Å². The van der Waals surface area contributed by atoms with Gasteiger partial charge in [0.25, 0.3) is 0 Å². The van der Waals surface area contributed by atoms with Crippen molar-refractivity contribution in [3.8, 4) is 0 Å². The third-order valence-corrected chi connectivity index (χ3v) is 5.35. The van der Waals surface area contributed by atoms with Crippen LogP contribution >= 0.6 is 0 Å². The second kappa shape index (κ2) is 8.70. The molecule has 2 aliphatic rings. The van der Waals surface area contributed by atoms with Crippen LogP contribution in [0.3, 0.4) is 0 Å². The lowest BCUT2D eigenvalue weighted by atomic mass is 9.81. The summed E-state index contributed by atoms with van der Waals surface area (Å²) in [5, 5.41) is 0. The molecule has 0 N–H and O–H groups in total. The summed E-state index contributed by atoms with van der Waals surface area (Å²) in [4.78, 5) is 23.9. The molecule has 0 amide bonds. The fourth-order valence-corrected chi connectivity index (χ4v) is 3.84.